The highest BCUT2D eigenvalue weighted by Gasteiger charge is 1.96. The molecule has 0 rings (SSSR count). The maximum absolute atomic E-state index is 10.3. The number of allylic oxidation sites excluding steroid dienone is 4. The van der Waals surface area contributed by atoms with E-state index >= 15 is 0 Å². The third kappa shape index (κ3) is 34.5. The lowest BCUT2D eigenvalue weighted by Gasteiger charge is -2.00. The number of aldehydes is 1. The Morgan fingerprint density at radius 3 is 1.62 bits per heavy atom. The third-order valence-corrected chi connectivity index (χ3v) is 4.83. The second kappa shape index (κ2) is 28.8. The van der Waals surface area contributed by atoms with Crippen LogP contribution in [0.5, 0.6) is 0 Å². The molecule has 170 valence electrons. The zero-order valence-electron chi connectivity index (χ0n) is 19.4. The molecule has 0 spiro atoms. The molecule has 0 aromatic heterocycles. The molecule has 29 heavy (non-hydrogen) atoms. The molecule has 0 aliphatic rings. The van der Waals surface area contributed by atoms with Crippen molar-refractivity contribution >= 4 is 12.3 Å². The lowest BCUT2D eigenvalue weighted by atomic mass is 10.1. The predicted octanol–water partition coefficient (Wildman–Crippen LogP) is 8.43. The number of hydrogen-bond donors (Lipinski definition) is 1. The van der Waals surface area contributed by atoms with E-state index < -0.39 is 5.97 Å². The number of aliphatic carboxylic acids is 1. The maximum atomic E-state index is 10.3. The van der Waals surface area contributed by atoms with Gasteiger partial charge in [0.1, 0.15) is 6.29 Å². The molecule has 1 N–H and O–H groups in total. The van der Waals surface area contributed by atoms with Crippen LogP contribution in [0, 0.1) is 0 Å². The van der Waals surface area contributed by atoms with Gasteiger partial charge in [-0.2, -0.15) is 0 Å². The zero-order chi connectivity index (χ0) is 21.8. The molecule has 0 bridgehead atoms. The van der Waals surface area contributed by atoms with Crippen molar-refractivity contribution < 1.29 is 14.7 Å². The van der Waals surface area contributed by atoms with E-state index in [1.165, 1.54) is 83.5 Å². The summed E-state index contributed by atoms with van der Waals surface area (Å²) in [5.74, 6) is -0.663. The number of rotatable bonds is 20. The van der Waals surface area contributed by atoms with Crippen molar-refractivity contribution in [2.24, 2.45) is 0 Å². The van der Waals surface area contributed by atoms with Crippen molar-refractivity contribution in [3.05, 3.63) is 24.3 Å². The molecule has 0 aromatic rings. The van der Waals surface area contributed by atoms with Crippen molar-refractivity contribution in [2.45, 2.75) is 129 Å². The molecule has 0 fully saturated rings. The predicted molar refractivity (Wildman–Crippen MR) is 126 cm³/mol. The molecule has 0 aromatic carbocycles. The van der Waals surface area contributed by atoms with Crippen LogP contribution < -0.4 is 0 Å². The summed E-state index contributed by atoms with van der Waals surface area (Å²) in [6, 6.07) is 0. The first kappa shape index (κ1) is 29.8. The van der Waals surface area contributed by atoms with Gasteiger partial charge in [0.2, 0.25) is 0 Å². The van der Waals surface area contributed by atoms with E-state index in [0.717, 1.165) is 32.0 Å². The van der Waals surface area contributed by atoms with E-state index in [2.05, 4.69) is 38.2 Å². The zero-order valence-corrected chi connectivity index (χ0v) is 19.4. The summed E-state index contributed by atoms with van der Waals surface area (Å²) in [5, 5.41) is 8.45. The molecular formula is C26H48O3. The lowest BCUT2D eigenvalue weighted by molar-refractivity contribution is -0.137. The summed E-state index contributed by atoms with van der Waals surface area (Å²) < 4.78 is 0. The molecule has 3 heteroatoms. The summed E-state index contributed by atoms with van der Waals surface area (Å²) in [4.78, 5) is 20.3. The molecule has 0 radical (unpaired) electrons. The van der Waals surface area contributed by atoms with Crippen molar-refractivity contribution in [3.8, 4) is 0 Å². The fourth-order valence-electron chi connectivity index (χ4n) is 2.99. The van der Waals surface area contributed by atoms with E-state index in [4.69, 9.17) is 5.11 Å². The molecule has 0 heterocycles. The number of carbonyl (C=O) groups is 2. The van der Waals surface area contributed by atoms with Gasteiger partial charge in [-0.3, -0.25) is 4.79 Å². The highest BCUT2D eigenvalue weighted by molar-refractivity contribution is 5.66. The van der Waals surface area contributed by atoms with Gasteiger partial charge in [-0.05, 0) is 51.9 Å². The highest BCUT2D eigenvalue weighted by atomic mass is 16.4. The van der Waals surface area contributed by atoms with Gasteiger partial charge in [-0.1, -0.05) is 89.0 Å². The van der Waals surface area contributed by atoms with Gasteiger partial charge in [-0.15, -0.1) is 0 Å². The lowest BCUT2D eigenvalue weighted by Crippen LogP contribution is -1.93. The van der Waals surface area contributed by atoms with Crippen LogP contribution in [0.3, 0.4) is 0 Å². The minimum Gasteiger partial charge on any atom is -0.481 e. The Morgan fingerprint density at radius 1 is 0.655 bits per heavy atom. The van der Waals surface area contributed by atoms with Gasteiger partial charge in [0.15, 0.2) is 0 Å². The van der Waals surface area contributed by atoms with Crippen LogP contribution in [-0.2, 0) is 9.59 Å². The van der Waals surface area contributed by atoms with Crippen LogP contribution in [0.4, 0.5) is 0 Å². The molecule has 0 saturated heterocycles. The van der Waals surface area contributed by atoms with E-state index in [0.29, 0.717) is 6.42 Å². The van der Waals surface area contributed by atoms with Gasteiger partial charge in [-0.25, -0.2) is 0 Å². The van der Waals surface area contributed by atoms with Gasteiger partial charge >= 0.3 is 5.97 Å². The van der Waals surface area contributed by atoms with Crippen LogP contribution in [0.2, 0.25) is 0 Å². The van der Waals surface area contributed by atoms with Crippen LogP contribution in [0.15, 0.2) is 24.3 Å². The topological polar surface area (TPSA) is 54.4 Å². The van der Waals surface area contributed by atoms with E-state index in [9.17, 15) is 9.59 Å². The Morgan fingerprint density at radius 2 is 1.10 bits per heavy atom. The van der Waals surface area contributed by atoms with Crippen molar-refractivity contribution in [1.29, 1.82) is 0 Å². The quantitative estimate of drug-likeness (QED) is 0.125. The number of hydrogen-bond acceptors (Lipinski definition) is 2. The highest BCUT2D eigenvalue weighted by Crippen LogP contribution is 2.10. The van der Waals surface area contributed by atoms with E-state index in [-0.39, 0.29) is 0 Å². The fourth-order valence-corrected chi connectivity index (χ4v) is 2.99. The summed E-state index contributed by atoms with van der Waals surface area (Å²) >= 11 is 0. The van der Waals surface area contributed by atoms with Gasteiger partial charge < -0.3 is 9.90 Å². The first-order chi connectivity index (χ1) is 14.2. The summed E-state index contributed by atoms with van der Waals surface area (Å²) in [5.41, 5.74) is 0. The average Bonchev–Trinajstić information content (AvgIpc) is 2.71. The standard InChI is InChI=1S/C14H26O2.C12H22O/c1-2-3-4-5-6-7-8-9-10-11-12-13-14(15)16;1-2-3-4-5-6-7-8-9-10-11-12-13/h2-3H,4-13H2,1H3,(H,15,16);5-6,12H,2-4,7-11H2,1H3/b3-2-;6-5+. The Bertz CT molecular complexity index is 385. The van der Waals surface area contributed by atoms with Crippen LogP contribution >= 0.6 is 0 Å². The van der Waals surface area contributed by atoms with Crippen LogP contribution in [0.25, 0.3) is 0 Å². The summed E-state index contributed by atoms with van der Waals surface area (Å²) in [7, 11) is 0. The number of carbonyl (C=O) groups excluding carboxylic acids is 1. The number of unbranched alkanes of at least 4 members (excludes halogenated alkanes) is 14. The Hall–Kier alpha value is -1.38. The smallest absolute Gasteiger partial charge is 0.303 e. The SMILES string of the molecule is C/C=C\CCCCCCCCCCC(=O)O.CCCC/C=C/CCCCCC=O. The normalized spacial score (nSPS) is 11.0. The maximum Gasteiger partial charge on any atom is 0.303 e. The van der Waals surface area contributed by atoms with Crippen molar-refractivity contribution in [3.63, 3.8) is 0 Å². The third-order valence-electron chi connectivity index (χ3n) is 4.83. The van der Waals surface area contributed by atoms with E-state index in [1.54, 1.807) is 0 Å². The Labute approximate surface area is 181 Å². The largest absolute Gasteiger partial charge is 0.481 e. The minimum absolute atomic E-state index is 0.337. The second-order valence-electron chi connectivity index (χ2n) is 7.75. The first-order valence-electron chi connectivity index (χ1n) is 12.1. The second-order valence-corrected chi connectivity index (χ2v) is 7.75. The number of carboxylic acid groups (broad SMARTS) is 1. The minimum atomic E-state index is -0.663. The number of carboxylic acids is 1. The molecule has 0 aliphatic carbocycles. The van der Waals surface area contributed by atoms with Crippen molar-refractivity contribution in [2.75, 3.05) is 0 Å². The summed E-state index contributed by atoms with van der Waals surface area (Å²) in [6.07, 6.45) is 30.3. The molecule has 0 amide bonds. The molecule has 0 aliphatic heterocycles. The van der Waals surface area contributed by atoms with Crippen LogP contribution in [0.1, 0.15) is 129 Å². The van der Waals surface area contributed by atoms with Crippen LogP contribution in [-0.4, -0.2) is 17.4 Å². The first-order valence-corrected chi connectivity index (χ1v) is 12.1. The fraction of sp³-hybridized carbons (Fsp3) is 0.769. The van der Waals surface area contributed by atoms with Gasteiger partial charge in [0, 0.05) is 12.8 Å². The molecule has 0 saturated carbocycles. The molecule has 3 nitrogen and oxygen atoms in total. The van der Waals surface area contributed by atoms with Gasteiger partial charge in [0.25, 0.3) is 0 Å². The Balaban J connectivity index is 0. The molecule has 0 unspecified atom stereocenters. The summed E-state index contributed by atoms with van der Waals surface area (Å²) in [6.45, 7) is 4.28. The molecular weight excluding hydrogens is 360 g/mol. The monoisotopic (exact) mass is 408 g/mol. The van der Waals surface area contributed by atoms with Gasteiger partial charge in [0.05, 0.1) is 0 Å². The molecule has 0 atom stereocenters. The Kier molecular flexibility index (Phi) is 29.6. The van der Waals surface area contributed by atoms with Crippen molar-refractivity contribution in [1.82, 2.24) is 0 Å². The van der Waals surface area contributed by atoms with E-state index in [1.807, 2.05) is 0 Å². The average molecular weight is 409 g/mol.